The number of likely N-dealkylation sites (N-methyl/N-ethyl adjacent to an activating group) is 1. The Bertz CT molecular complexity index is 1370. The number of halogens is 4. The largest absolute Gasteiger partial charge is 0.449 e. The van der Waals surface area contributed by atoms with Gasteiger partial charge in [0.1, 0.15) is 17.4 Å². The summed E-state index contributed by atoms with van der Waals surface area (Å²) >= 11 is 6.11. The van der Waals surface area contributed by atoms with E-state index in [1.807, 2.05) is 7.05 Å². The minimum Gasteiger partial charge on any atom is -0.449 e. The number of amides is 1. The van der Waals surface area contributed by atoms with E-state index in [1.54, 1.807) is 13.0 Å². The molecule has 1 saturated heterocycles. The molecule has 3 heterocycles. The highest BCUT2D eigenvalue weighted by atomic mass is 35.5. The van der Waals surface area contributed by atoms with Crippen LogP contribution in [0.2, 0.25) is 5.22 Å². The predicted octanol–water partition coefficient (Wildman–Crippen LogP) is 4.56. The first-order chi connectivity index (χ1) is 18.2. The minimum atomic E-state index is -1.59. The molecular weight excluding hydrogens is 521 g/mol. The Hall–Kier alpha value is -3.34. The highest BCUT2D eigenvalue weighted by molar-refractivity contribution is 6.28. The summed E-state index contributed by atoms with van der Waals surface area (Å²) in [6.45, 7) is 3.75. The molecule has 1 amide bonds. The van der Waals surface area contributed by atoms with E-state index in [9.17, 15) is 13.6 Å². The Morgan fingerprint density at radius 3 is 2.53 bits per heavy atom. The average Bonchev–Trinajstić information content (AvgIpc) is 3.44. The molecule has 2 aromatic carbocycles. The molecule has 1 fully saturated rings. The van der Waals surface area contributed by atoms with Crippen LogP contribution in [0.15, 0.2) is 64.1 Å². The van der Waals surface area contributed by atoms with Gasteiger partial charge in [-0.2, -0.15) is 5.10 Å². The van der Waals surface area contributed by atoms with E-state index >= 15 is 4.39 Å². The predicted molar refractivity (Wildman–Crippen MR) is 137 cm³/mol. The Labute approximate surface area is 222 Å². The maximum absolute atomic E-state index is 15.1. The second kappa shape index (κ2) is 10.4. The summed E-state index contributed by atoms with van der Waals surface area (Å²) in [4.78, 5) is 16.1. The molecule has 2 aliphatic heterocycles. The SMILES string of the molecule is CN1CCOC(CNC(=O)C2(C)C(c3ccc(Cl)o3)C(c3ccc(F)cc3)=NN2c2ccc(F)cc2F)C1. The number of ether oxygens (including phenoxy) is 1. The van der Waals surface area contributed by atoms with E-state index in [0.717, 1.165) is 18.7 Å². The molecule has 200 valence electrons. The summed E-state index contributed by atoms with van der Waals surface area (Å²) in [6, 6.07) is 11.7. The fourth-order valence-electron chi connectivity index (χ4n) is 4.96. The number of nitrogens with zero attached hydrogens (tertiary/aromatic N) is 3. The van der Waals surface area contributed by atoms with Crippen molar-refractivity contribution >= 4 is 28.9 Å². The van der Waals surface area contributed by atoms with Gasteiger partial charge in [-0.25, -0.2) is 18.2 Å². The Morgan fingerprint density at radius 1 is 1.13 bits per heavy atom. The van der Waals surface area contributed by atoms with Crippen LogP contribution in [-0.4, -0.2) is 61.5 Å². The molecule has 3 atom stereocenters. The lowest BCUT2D eigenvalue weighted by Crippen LogP contribution is -2.58. The van der Waals surface area contributed by atoms with Gasteiger partial charge in [-0.15, -0.1) is 0 Å². The minimum absolute atomic E-state index is 0.0891. The van der Waals surface area contributed by atoms with Gasteiger partial charge < -0.3 is 19.4 Å². The monoisotopic (exact) mass is 546 g/mol. The number of hydrogen-bond donors (Lipinski definition) is 1. The number of morpholine rings is 1. The van der Waals surface area contributed by atoms with Crippen LogP contribution >= 0.6 is 11.6 Å². The number of carbonyl (C=O) groups excluding carboxylic acids is 1. The molecule has 5 rings (SSSR count). The van der Waals surface area contributed by atoms with Crippen molar-refractivity contribution in [1.29, 1.82) is 0 Å². The van der Waals surface area contributed by atoms with Gasteiger partial charge in [-0.1, -0.05) is 12.1 Å². The van der Waals surface area contributed by atoms with Gasteiger partial charge in [0, 0.05) is 25.7 Å². The molecule has 0 bridgehead atoms. The van der Waals surface area contributed by atoms with Crippen molar-refractivity contribution in [3.63, 3.8) is 0 Å². The van der Waals surface area contributed by atoms with E-state index in [0.29, 0.717) is 30.2 Å². The average molecular weight is 547 g/mol. The highest BCUT2D eigenvalue weighted by Gasteiger charge is 2.56. The van der Waals surface area contributed by atoms with E-state index in [1.165, 1.54) is 41.4 Å². The van der Waals surface area contributed by atoms with Crippen LogP contribution in [0.25, 0.3) is 0 Å². The van der Waals surface area contributed by atoms with Crippen LogP contribution in [0.3, 0.4) is 0 Å². The zero-order valence-corrected chi connectivity index (χ0v) is 21.5. The highest BCUT2D eigenvalue weighted by Crippen LogP contribution is 2.46. The summed E-state index contributed by atoms with van der Waals surface area (Å²) in [6.07, 6.45) is -0.243. The number of hydrogen-bond acceptors (Lipinski definition) is 6. The zero-order valence-electron chi connectivity index (χ0n) is 20.8. The number of nitrogens with one attached hydrogen (secondary N) is 1. The van der Waals surface area contributed by atoms with Gasteiger partial charge in [0.05, 0.1) is 30.0 Å². The summed E-state index contributed by atoms with van der Waals surface area (Å²) in [5.41, 5.74) is -0.891. The van der Waals surface area contributed by atoms with Gasteiger partial charge in [-0.3, -0.25) is 4.79 Å². The third-order valence-electron chi connectivity index (χ3n) is 6.93. The lowest BCUT2D eigenvalue weighted by molar-refractivity contribution is -0.127. The first-order valence-corrected chi connectivity index (χ1v) is 12.5. The second-order valence-corrected chi connectivity index (χ2v) is 9.96. The van der Waals surface area contributed by atoms with Crippen LogP contribution in [0.4, 0.5) is 18.9 Å². The van der Waals surface area contributed by atoms with Crippen LogP contribution in [-0.2, 0) is 9.53 Å². The Balaban J connectivity index is 1.61. The van der Waals surface area contributed by atoms with Crippen LogP contribution in [0.1, 0.15) is 24.2 Å². The van der Waals surface area contributed by atoms with E-state index in [-0.39, 0.29) is 23.6 Å². The molecule has 2 aliphatic rings. The maximum Gasteiger partial charge on any atom is 0.249 e. The number of carbonyl (C=O) groups is 1. The topological polar surface area (TPSA) is 70.3 Å². The van der Waals surface area contributed by atoms with E-state index in [2.05, 4.69) is 15.3 Å². The normalized spacial score (nSPS) is 23.9. The molecule has 3 aromatic rings. The number of benzene rings is 2. The lowest BCUT2D eigenvalue weighted by Gasteiger charge is -2.37. The van der Waals surface area contributed by atoms with Crippen LogP contribution < -0.4 is 10.3 Å². The van der Waals surface area contributed by atoms with Crippen molar-refractivity contribution in [2.45, 2.75) is 24.5 Å². The maximum atomic E-state index is 15.1. The Morgan fingerprint density at radius 2 is 1.87 bits per heavy atom. The molecule has 3 unspecified atom stereocenters. The van der Waals surface area contributed by atoms with Crippen molar-refractivity contribution in [2.75, 3.05) is 38.3 Å². The van der Waals surface area contributed by atoms with Crippen molar-refractivity contribution < 1.29 is 27.1 Å². The van der Waals surface area contributed by atoms with E-state index in [4.69, 9.17) is 20.8 Å². The van der Waals surface area contributed by atoms with Crippen molar-refractivity contribution in [2.24, 2.45) is 5.10 Å². The molecule has 1 aromatic heterocycles. The summed E-state index contributed by atoms with van der Waals surface area (Å²) in [5, 5.41) is 8.91. The number of rotatable bonds is 6. The number of hydrazone groups is 1. The van der Waals surface area contributed by atoms with Gasteiger partial charge in [0.25, 0.3) is 0 Å². The van der Waals surface area contributed by atoms with Crippen molar-refractivity contribution in [3.05, 3.63) is 88.6 Å². The fourth-order valence-corrected chi connectivity index (χ4v) is 5.11. The first kappa shape index (κ1) is 26.3. The molecule has 11 heteroatoms. The fraction of sp³-hybridized carbons (Fsp3) is 0.333. The van der Waals surface area contributed by atoms with Crippen molar-refractivity contribution in [1.82, 2.24) is 10.2 Å². The summed E-state index contributed by atoms with van der Waals surface area (Å²) in [7, 11) is 1.97. The third kappa shape index (κ3) is 4.91. The smallest absolute Gasteiger partial charge is 0.249 e. The molecular formula is C27H26ClF3N4O3. The third-order valence-corrected chi connectivity index (χ3v) is 7.13. The van der Waals surface area contributed by atoms with Gasteiger partial charge in [-0.05, 0) is 67.5 Å². The first-order valence-electron chi connectivity index (χ1n) is 12.1. The second-order valence-electron chi connectivity index (χ2n) is 9.59. The quantitative estimate of drug-likeness (QED) is 0.491. The lowest BCUT2D eigenvalue weighted by atomic mass is 9.78. The van der Waals surface area contributed by atoms with Crippen LogP contribution in [0.5, 0.6) is 0 Å². The molecule has 1 N–H and O–H groups in total. The molecule has 7 nitrogen and oxygen atoms in total. The molecule has 0 spiro atoms. The molecule has 38 heavy (non-hydrogen) atoms. The Kier molecular flexibility index (Phi) is 7.21. The number of furan rings is 1. The van der Waals surface area contributed by atoms with Gasteiger partial charge in [0.2, 0.25) is 5.91 Å². The summed E-state index contributed by atoms with van der Waals surface area (Å²) < 4.78 is 54.2. The zero-order chi connectivity index (χ0) is 27.0. The number of anilines is 1. The molecule has 0 saturated carbocycles. The van der Waals surface area contributed by atoms with Gasteiger partial charge >= 0.3 is 0 Å². The van der Waals surface area contributed by atoms with Gasteiger partial charge in [0.15, 0.2) is 16.6 Å². The van der Waals surface area contributed by atoms with Crippen LogP contribution in [0, 0.1) is 17.5 Å². The summed E-state index contributed by atoms with van der Waals surface area (Å²) in [5.74, 6) is -3.20. The van der Waals surface area contributed by atoms with E-state index < -0.39 is 34.8 Å². The standard InChI is InChI=1S/C27H26ClF3N4O3/c1-27(26(36)32-14-19-15-34(2)11-12-37-19)24(22-9-10-23(28)38-22)25(16-3-5-17(29)6-4-16)33-35(27)21-8-7-18(30)13-20(21)31/h3-10,13,19,24H,11-12,14-15H2,1-2H3,(H,32,36). The molecule has 0 radical (unpaired) electrons. The van der Waals surface area contributed by atoms with Crippen molar-refractivity contribution in [3.8, 4) is 0 Å². The molecule has 0 aliphatic carbocycles.